The lowest BCUT2D eigenvalue weighted by Crippen LogP contribution is -2.40. The lowest BCUT2D eigenvalue weighted by Gasteiger charge is -2.28. The summed E-state index contributed by atoms with van der Waals surface area (Å²) in [4.78, 5) is 19.3. The molecule has 1 amide bonds. The van der Waals surface area contributed by atoms with E-state index in [1.165, 1.54) is 0 Å². The van der Waals surface area contributed by atoms with Crippen molar-refractivity contribution in [3.63, 3.8) is 0 Å². The van der Waals surface area contributed by atoms with E-state index in [1.807, 2.05) is 60.8 Å². The second kappa shape index (κ2) is 7.51. The molecule has 152 valence electrons. The fraction of sp³-hybridized carbons (Fsp3) is 0.333. The molecular formula is C21H24N4O3S. The van der Waals surface area contributed by atoms with Crippen LogP contribution in [0.2, 0.25) is 0 Å². The van der Waals surface area contributed by atoms with Gasteiger partial charge in [0.15, 0.2) is 9.84 Å². The molecule has 0 unspecified atom stereocenters. The van der Waals surface area contributed by atoms with E-state index in [0.717, 1.165) is 22.5 Å². The molecule has 0 atom stereocenters. The average molecular weight is 413 g/mol. The Morgan fingerprint density at radius 3 is 2.45 bits per heavy atom. The van der Waals surface area contributed by atoms with Gasteiger partial charge in [0.25, 0.3) is 5.91 Å². The van der Waals surface area contributed by atoms with Crippen LogP contribution in [0.4, 0.5) is 5.69 Å². The molecular weight excluding hydrogens is 388 g/mol. The van der Waals surface area contributed by atoms with Crippen LogP contribution < -0.4 is 10.2 Å². The Morgan fingerprint density at radius 1 is 1.07 bits per heavy atom. The van der Waals surface area contributed by atoms with Crippen LogP contribution in [0.3, 0.4) is 0 Å². The second-order valence-electron chi connectivity index (χ2n) is 7.47. The van der Waals surface area contributed by atoms with Crippen LogP contribution in [0.15, 0.2) is 42.6 Å². The fourth-order valence-corrected chi connectivity index (χ4v) is 4.80. The Bertz CT molecular complexity index is 1150. The summed E-state index contributed by atoms with van der Waals surface area (Å²) in [6.07, 6.45) is 1.91. The molecule has 0 spiro atoms. The molecule has 4 rings (SSSR count). The molecule has 1 aliphatic heterocycles. The van der Waals surface area contributed by atoms with Gasteiger partial charge in [0.2, 0.25) is 0 Å². The van der Waals surface area contributed by atoms with Crippen LogP contribution in [0, 0.1) is 13.8 Å². The number of imidazole rings is 1. The predicted octanol–water partition coefficient (Wildman–Crippen LogP) is 2.12. The number of carbonyl (C=O) groups is 1. The molecule has 8 heteroatoms. The molecule has 1 aromatic carbocycles. The molecule has 1 aliphatic rings. The monoisotopic (exact) mass is 412 g/mol. The summed E-state index contributed by atoms with van der Waals surface area (Å²) < 4.78 is 25.0. The maximum Gasteiger partial charge on any atom is 0.270 e. The minimum Gasteiger partial charge on any atom is -0.369 e. The average Bonchev–Trinajstić information content (AvgIpc) is 3.01. The summed E-state index contributed by atoms with van der Waals surface area (Å²) in [6, 6.07) is 11.8. The Kier molecular flexibility index (Phi) is 5.04. The number of rotatable bonds is 4. The third kappa shape index (κ3) is 4.12. The molecule has 1 N–H and O–H groups in total. The van der Waals surface area contributed by atoms with Crippen LogP contribution in [0.5, 0.6) is 0 Å². The van der Waals surface area contributed by atoms with Gasteiger partial charge in [-0.3, -0.25) is 9.20 Å². The number of sulfone groups is 1. The van der Waals surface area contributed by atoms with Gasteiger partial charge in [-0.1, -0.05) is 18.2 Å². The smallest absolute Gasteiger partial charge is 0.270 e. The van der Waals surface area contributed by atoms with Crippen LogP contribution in [0.1, 0.15) is 27.3 Å². The number of hydrogen-bond acceptors (Lipinski definition) is 5. The highest BCUT2D eigenvalue weighted by Gasteiger charge is 2.21. The van der Waals surface area contributed by atoms with Crippen molar-refractivity contribution < 1.29 is 13.2 Å². The predicted molar refractivity (Wildman–Crippen MR) is 113 cm³/mol. The highest BCUT2D eigenvalue weighted by Crippen LogP contribution is 2.18. The van der Waals surface area contributed by atoms with Gasteiger partial charge in [-0.25, -0.2) is 13.4 Å². The Labute approximate surface area is 170 Å². The van der Waals surface area contributed by atoms with Crippen LogP contribution in [-0.4, -0.2) is 48.3 Å². The van der Waals surface area contributed by atoms with E-state index in [1.54, 1.807) is 0 Å². The minimum absolute atomic E-state index is 0.161. The first-order valence-corrected chi connectivity index (χ1v) is 11.4. The molecule has 7 nitrogen and oxygen atoms in total. The van der Waals surface area contributed by atoms with Crippen LogP contribution in [-0.2, 0) is 16.4 Å². The van der Waals surface area contributed by atoms with Crippen molar-refractivity contribution in [3.8, 4) is 0 Å². The molecule has 0 bridgehead atoms. The van der Waals surface area contributed by atoms with Gasteiger partial charge in [0.05, 0.1) is 17.2 Å². The van der Waals surface area contributed by atoms with Crippen molar-refractivity contribution in [1.29, 1.82) is 0 Å². The van der Waals surface area contributed by atoms with Crippen molar-refractivity contribution in [3.05, 3.63) is 65.1 Å². The number of anilines is 1. The zero-order valence-corrected chi connectivity index (χ0v) is 17.4. The van der Waals surface area contributed by atoms with E-state index in [-0.39, 0.29) is 17.4 Å². The van der Waals surface area contributed by atoms with E-state index in [2.05, 4.69) is 15.2 Å². The van der Waals surface area contributed by atoms with Gasteiger partial charge in [-0.05, 0) is 43.2 Å². The van der Waals surface area contributed by atoms with E-state index in [4.69, 9.17) is 0 Å². The summed E-state index contributed by atoms with van der Waals surface area (Å²) in [5.74, 6) is 0.234. The van der Waals surface area contributed by atoms with E-state index in [9.17, 15) is 13.2 Å². The summed E-state index contributed by atoms with van der Waals surface area (Å²) in [6.45, 7) is 5.27. The molecule has 29 heavy (non-hydrogen) atoms. The third-order valence-corrected chi connectivity index (χ3v) is 6.86. The largest absolute Gasteiger partial charge is 0.369 e. The number of hydrogen-bond donors (Lipinski definition) is 1. The molecule has 3 aromatic rings. The molecule has 1 fully saturated rings. The number of fused-ring (bicyclic) bond motifs is 1. The molecule has 3 heterocycles. The molecule has 0 saturated carbocycles. The zero-order valence-electron chi connectivity index (χ0n) is 16.6. The highest BCUT2D eigenvalue weighted by molar-refractivity contribution is 7.91. The molecule has 2 aromatic heterocycles. The topological polar surface area (TPSA) is 83.8 Å². The van der Waals surface area contributed by atoms with Gasteiger partial charge in [-0.15, -0.1) is 0 Å². The Hall–Kier alpha value is -2.87. The molecule has 0 aliphatic carbocycles. The lowest BCUT2D eigenvalue weighted by atomic mass is 10.2. The maximum absolute atomic E-state index is 12.8. The number of aryl methyl sites for hydroxylation is 2. The van der Waals surface area contributed by atoms with Crippen LogP contribution in [0.25, 0.3) is 5.65 Å². The van der Waals surface area contributed by atoms with Crippen molar-refractivity contribution >= 4 is 27.1 Å². The lowest BCUT2D eigenvalue weighted by molar-refractivity contribution is 0.0944. The summed E-state index contributed by atoms with van der Waals surface area (Å²) in [7, 11) is -2.89. The Balaban J connectivity index is 1.43. The maximum atomic E-state index is 12.8. The molecule has 1 saturated heterocycles. The quantitative estimate of drug-likeness (QED) is 0.710. The zero-order chi connectivity index (χ0) is 20.6. The SMILES string of the molecule is Cc1ccc2nc(C)c(C(=O)NCc3ccc(N4CCS(=O)(=O)CC4)cc3)n2c1. The number of amides is 1. The van der Waals surface area contributed by atoms with E-state index < -0.39 is 9.84 Å². The summed E-state index contributed by atoms with van der Waals surface area (Å²) in [5.41, 5.74) is 5.05. The van der Waals surface area contributed by atoms with Crippen molar-refractivity contribution in [2.45, 2.75) is 20.4 Å². The molecule has 0 radical (unpaired) electrons. The first-order valence-electron chi connectivity index (χ1n) is 9.60. The van der Waals surface area contributed by atoms with Gasteiger partial charge in [0, 0.05) is 31.5 Å². The van der Waals surface area contributed by atoms with Gasteiger partial charge < -0.3 is 10.2 Å². The number of carbonyl (C=O) groups excluding carboxylic acids is 1. The normalized spacial score (nSPS) is 16.1. The van der Waals surface area contributed by atoms with Gasteiger partial charge >= 0.3 is 0 Å². The fourth-order valence-electron chi connectivity index (χ4n) is 3.60. The standard InChI is InChI=1S/C21H24N4O3S/c1-15-3-8-19-23-16(2)20(25(19)14-15)21(26)22-13-17-4-6-18(7-5-17)24-9-11-29(27,28)12-10-24/h3-8,14H,9-13H2,1-2H3,(H,22,26). The Morgan fingerprint density at radius 2 is 1.76 bits per heavy atom. The summed E-state index contributed by atoms with van der Waals surface area (Å²) in [5, 5.41) is 2.97. The van der Waals surface area contributed by atoms with Gasteiger partial charge in [-0.2, -0.15) is 0 Å². The van der Waals surface area contributed by atoms with Crippen LogP contribution >= 0.6 is 0 Å². The van der Waals surface area contributed by atoms with E-state index >= 15 is 0 Å². The number of nitrogens with zero attached hydrogens (tertiary/aromatic N) is 3. The number of pyridine rings is 1. The number of aromatic nitrogens is 2. The van der Waals surface area contributed by atoms with Crippen molar-refractivity contribution in [2.24, 2.45) is 0 Å². The second-order valence-corrected chi connectivity index (χ2v) is 9.77. The first-order chi connectivity index (χ1) is 13.8. The van der Waals surface area contributed by atoms with Crippen molar-refractivity contribution in [1.82, 2.24) is 14.7 Å². The summed E-state index contributed by atoms with van der Waals surface area (Å²) >= 11 is 0. The van der Waals surface area contributed by atoms with Gasteiger partial charge in [0.1, 0.15) is 11.3 Å². The van der Waals surface area contributed by atoms with E-state index in [0.29, 0.717) is 31.0 Å². The number of benzene rings is 1. The first kappa shape index (κ1) is 19.4. The van der Waals surface area contributed by atoms with Crippen molar-refractivity contribution in [2.75, 3.05) is 29.5 Å². The minimum atomic E-state index is -2.89. The third-order valence-electron chi connectivity index (χ3n) is 5.25. The number of nitrogens with one attached hydrogen (secondary N) is 1. The highest BCUT2D eigenvalue weighted by atomic mass is 32.2.